The normalized spacial score (nSPS) is 35.8. The summed E-state index contributed by atoms with van der Waals surface area (Å²) in [7, 11) is 0. The van der Waals surface area contributed by atoms with Crippen molar-refractivity contribution < 1.29 is 34.7 Å². The van der Waals surface area contributed by atoms with Crippen molar-refractivity contribution in [1.29, 1.82) is 0 Å². The van der Waals surface area contributed by atoms with Gasteiger partial charge in [-0.25, -0.2) is 0 Å². The van der Waals surface area contributed by atoms with Crippen LogP contribution in [0.5, 0.6) is 0 Å². The molecule has 14 unspecified atom stereocenters. The zero-order valence-electron chi connectivity index (χ0n) is 35.2. The minimum Gasteiger partial charge on any atom is -0.393 e. The number of ether oxygens (including phenoxy) is 2. The van der Waals surface area contributed by atoms with E-state index in [9.17, 15) is 25.2 Å². The van der Waals surface area contributed by atoms with Gasteiger partial charge in [-0.3, -0.25) is 4.79 Å². The molecule has 8 nitrogen and oxygen atoms in total. The molecule has 3 heterocycles. The molecule has 14 atom stereocenters. The van der Waals surface area contributed by atoms with Gasteiger partial charge in [0.1, 0.15) is 5.72 Å². The lowest BCUT2D eigenvalue weighted by Gasteiger charge is -2.56. The Kier molecular flexibility index (Phi) is 16.7. The number of hydrogen-bond acceptors (Lipinski definition) is 7. The van der Waals surface area contributed by atoms with Crippen LogP contribution in [0.4, 0.5) is 0 Å². The maximum atomic E-state index is 12.9. The molecule has 304 valence electrons. The van der Waals surface area contributed by atoms with Gasteiger partial charge in [0, 0.05) is 36.0 Å². The van der Waals surface area contributed by atoms with E-state index in [-0.39, 0.29) is 64.6 Å². The van der Waals surface area contributed by atoms with Crippen LogP contribution in [0, 0.1) is 46.8 Å². The molecule has 3 rings (SSSR count). The molecule has 0 aliphatic carbocycles. The number of rotatable bonds is 15. The molecule has 0 saturated carbocycles. The molecule has 3 fully saturated rings. The number of hydrogen-bond donors (Lipinski definition) is 5. The molecule has 0 aromatic rings. The predicted octanol–water partition coefficient (Wildman–Crippen LogP) is 8.05. The van der Waals surface area contributed by atoms with Gasteiger partial charge in [-0.15, -0.1) is 0 Å². The average Bonchev–Trinajstić information content (AvgIpc) is 3.08. The van der Waals surface area contributed by atoms with Crippen molar-refractivity contribution in [3.63, 3.8) is 0 Å². The third-order valence-corrected chi connectivity index (χ3v) is 13.1. The molecule has 0 radical (unpaired) electrons. The highest BCUT2D eigenvalue weighted by Crippen LogP contribution is 2.47. The van der Waals surface area contributed by atoms with Gasteiger partial charge in [-0.1, -0.05) is 105 Å². The van der Waals surface area contributed by atoms with Gasteiger partial charge in [0.2, 0.25) is 5.91 Å². The highest BCUT2D eigenvalue weighted by molar-refractivity contribution is 5.80. The molecular weight excluding hydrogens is 666 g/mol. The van der Waals surface area contributed by atoms with E-state index in [1.807, 2.05) is 71.1 Å². The summed E-state index contributed by atoms with van der Waals surface area (Å²) in [6, 6.07) is 0. The van der Waals surface area contributed by atoms with E-state index in [1.165, 1.54) is 0 Å². The number of piperidine rings is 1. The minimum atomic E-state index is -0.925. The van der Waals surface area contributed by atoms with Crippen LogP contribution < -0.4 is 5.32 Å². The quantitative estimate of drug-likeness (QED) is 0.107. The Morgan fingerprint density at radius 1 is 1.04 bits per heavy atom. The Morgan fingerprint density at radius 2 is 1.72 bits per heavy atom. The van der Waals surface area contributed by atoms with Crippen LogP contribution in [-0.4, -0.2) is 74.3 Å². The summed E-state index contributed by atoms with van der Waals surface area (Å²) >= 11 is 0. The lowest BCUT2D eigenvalue weighted by atomic mass is 9.68. The van der Waals surface area contributed by atoms with Crippen LogP contribution in [-0.2, 0) is 14.3 Å². The third-order valence-electron chi connectivity index (χ3n) is 13.1. The van der Waals surface area contributed by atoms with Crippen molar-refractivity contribution in [2.45, 2.75) is 182 Å². The number of amides is 1. The van der Waals surface area contributed by atoms with Gasteiger partial charge < -0.3 is 35.2 Å². The Hall–Kier alpha value is -1.81. The van der Waals surface area contributed by atoms with Crippen LogP contribution in [0.3, 0.4) is 0 Å². The van der Waals surface area contributed by atoms with Gasteiger partial charge in [-0.05, 0) is 88.5 Å². The summed E-state index contributed by atoms with van der Waals surface area (Å²) in [5.74, 6) is -0.0615. The lowest BCUT2D eigenvalue weighted by Crippen LogP contribution is -2.71. The van der Waals surface area contributed by atoms with E-state index in [4.69, 9.17) is 9.47 Å². The number of aliphatic hydroxyl groups excluding tert-OH is 4. The van der Waals surface area contributed by atoms with Gasteiger partial charge in [0.15, 0.2) is 0 Å². The van der Waals surface area contributed by atoms with E-state index >= 15 is 0 Å². The number of allylic oxidation sites excluding steroid dienone is 5. The Balaban J connectivity index is 1.45. The summed E-state index contributed by atoms with van der Waals surface area (Å²) in [6.45, 7) is 25.1. The van der Waals surface area contributed by atoms with Gasteiger partial charge in [0.05, 0.1) is 42.2 Å². The molecule has 0 aromatic carbocycles. The second-order valence-corrected chi connectivity index (χ2v) is 18.8. The molecular formula is C45H77NO7. The van der Waals surface area contributed by atoms with Crippen molar-refractivity contribution in [1.82, 2.24) is 5.32 Å². The molecule has 8 heteroatoms. The second-order valence-electron chi connectivity index (χ2n) is 18.8. The average molecular weight is 744 g/mol. The van der Waals surface area contributed by atoms with Crippen molar-refractivity contribution in [3.8, 4) is 0 Å². The zero-order chi connectivity index (χ0) is 39.9. The van der Waals surface area contributed by atoms with E-state index < -0.39 is 30.1 Å². The summed E-state index contributed by atoms with van der Waals surface area (Å²) in [6.07, 6.45) is 16.6. The zero-order valence-corrected chi connectivity index (χ0v) is 35.2. The monoisotopic (exact) mass is 744 g/mol. The lowest BCUT2D eigenvalue weighted by molar-refractivity contribution is -0.267. The van der Waals surface area contributed by atoms with Crippen LogP contribution >= 0.6 is 0 Å². The highest BCUT2D eigenvalue weighted by atomic mass is 16.5. The summed E-state index contributed by atoms with van der Waals surface area (Å²) in [5.41, 5.74) is -0.146. The summed E-state index contributed by atoms with van der Waals surface area (Å²) in [5, 5.41) is 47.3. The Morgan fingerprint density at radius 3 is 2.36 bits per heavy atom. The Labute approximate surface area is 322 Å². The van der Waals surface area contributed by atoms with Gasteiger partial charge in [-0.2, -0.15) is 0 Å². The van der Waals surface area contributed by atoms with E-state index in [0.717, 1.165) is 44.1 Å². The van der Waals surface area contributed by atoms with Crippen molar-refractivity contribution in [3.05, 3.63) is 48.1 Å². The van der Waals surface area contributed by atoms with E-state index in [0.29, 0.717) is 18.8 Å². The molecule has 5 N–H and O–H groups in total. The smallest absolute Gasteiger partial charge is 0.225 e. The first kappa shape index (κ1) is 45.6. The highest BCUT2D eigenvalue weighted by Gasteiger charge is 2.57. The fourth-order valence-corrected chi connectivity index (χ4v) is 8.89. The number of carbonyl (C=O) groups excluding carboxylic acids is 1. The first-order valence-corrected chi connectivity index (χ1v) is 20.7. The molecule has 53 heavy (non-hydrogen) atoms. The van der Waals surface area contributed by atoms with Crippen LogP contribution in [0.1, 0.15) is 134 Å². The standard InChI is InChI=1S/C45H77NO7/c1-13-34-26-30(4)45(46-42(34)51)33(7)40(50)32(6)39(52-45)27-38(49)29(3)21-17-14-16-20-28(2)36(47)22-18-15-19-23-37(48)31(5)41-35(43(8,9)10)24-25-44(11,12)53-41/h14-16,18-20,23,29-41,47-50H,13,17,21-22,24-27H2,1-12H3,(H,46,51)/b16-14+,18-15+,23-19+,28-20+. The molecule has 3 aliphatic heterocycles. The van der Waals surface area contributed by atoms with E-state index in [2.05, 4.69) is 59.9 Å². The number of aliphatic hydroxyl groups is 4. The number of nitrogens with one attached hydrogen (secondary N) is 1. The first-order valence-electron chi connectivity index (χ1n) is 20.7. The topological polar surface area (TPSA) is 128 Å². The third kappa shape index (κ3) is 11.8. The largest absolute Gasteiger partial charge is 0.393 e. The first-order chi connectivity index (χ1) is 24.6. The predicted molar refractivity (Wildman–Crippen MR) is 215 cm³/mol. The maximum absolute atomic E-state index is 12.9. The number of carbonyl (C=O) groups is 1. The molecule has 1 amide bonds. The van der Waals surface area contributed by atoms with Crippen LogP contribution in [0.25, 0.3) is 0 Å². The Bertz CT molecular complexity index is 1280. The van der Waals surface area contributed by atoms with Crippen molar-refractivity contribution in [2.75, 3.05) is 0 Å². The fraction of sp³-hybridized carbons (Fsp3) is 0.800. The minimum absolute atomic E-state index is 0.00944. The molecule has 1 spiro atoms. The van der Waals surface area contributed by atoms with Gasteiger partial charge in [0.25, 0.3) is 0 Å². The second kappa shape index (κ2) is 19.4. The van der Waals surface area contributed by atoms with Crippen LogP contribution in [0.2, 0.25) is 0 Å². The van der Waals surface area contributed by atoms with Crippen LogP contribution in [0.15, 0.2) is 48.1 Å². The van der Waals surface area contributed by atoms with Gasteiger partial charge >= 0.3 is 0 Å². The summed E-state index contributed by atoms with van der Waals surface area (Å²) < 4.78 is 13.2. The molecule has 3 aliphatic rings. The molecule has 0 aromatic heterocycles. The SMILES string of the molecule is CCC1CC(C)C2(NC1=O)OC(CC(O)C(C)CC/C=C/C=C(\C)C(O)C/C=C/C=C/C(O)C(C)C1OC(C)(C)CCC1C(C)(C)C)C(C)C(O)C2C. The fourth-order valence-electron chi connectivity index (χ4n) is 8.89. The van der Waals surface area contributed by atoms with E-state index in [1.54, 1.807) is 0 Å². The molecule has 0 bridgehead atoms. The van der Waals surface area contributed by atoms with Crippen molar-refractivity contribution in [2.24, 2.45) is 46.8 Å². The summed E-state index contributed by atoms with van der Waals surface area (Å²) in [4.78, 5) is 12.9. The van der Waals surface area contributed by atoms with Crippen molar-refractivity contribution >= 4 is 5.91 Å². The maximum Gasteiger partial charge on any atom is 0.225 e. The molecule has 3 saturated heterocycles.